The molecule has 0 aliphatic carbocycles. The van der Waals surface area contributed by atoms with E-state index in [0.717, 1.165) is 5.06 Å². The number of fused-ring (bicyclic) bond motifs is 1. The van der Waals surface area contributed by atoms with Crippen LogP contribution in [0, 0.1) is 11.8 Å². The van der Waals surface area contributed by atoms with E-state index in [-0.39, 0.29) is 17.9 Å². The van der Waals surface area contributed by atoms with Crippen molar-refractivity contribution in [3.63, 3.8) is 0 Å². The second kappa shape index (κ2) is 7.73. The highest BCUT2D eigenvalue weighted by Crippen LogP contribution is 2.39. The van der Waals surface area contributed by atoms with Gasteiger partial charge in [0.1, 0.15) is 11.4 Å². The second-order valence-electron chi connectivity index (χ2n) is 6.35. The minimum Gasteiger partial charge on any atom is -0.329 e. The van der Waals surface area contributed by atoms with E-state index in [1.165, 1.54) is 23.9 Å². The van der Waals surface area contributed by atoms with Gasteiger partial charge in [-0.2, -0.15) is 18.2 Å². The van der Waals surface area contributed by atoms with Crippen LogP contribution in [0.25, 0.3) is 0 Å². The molecular formula is C17H20F3N5O3. The Morgan fingerprint density at radius 1 is 1.36 bits per heavy atom. The zero-order valence-electron chi connectivity index (χ0n) is 15.4. The number of aromatic nitrogens is 1. The van der Waals surface area contributed by atoms with Gasteiger partial charge in [-0.1, -0.05) is 5.92 Å². The van der Waals surface area contributed by atoms with Crippen LogP contribution < -0.4 is 20.8 Å². The molecular weight excluding hydrogens is 379 g/mol. The summed E-state index contributed by atoms with van der Waals surface area (Å²) in [6.45, 7) is 3.93. The molecule has 1 fully saturated rings. The molecule has 1 aromatic heterocycles. The van der Waals surface area contributed by atoms with Crippen molar-refractivity contribution in [2.45, 2.75) is 19.4 Å². The predicted octanol–water partition coefficient (Wildman–Crippen LogP) is 0.244. The third-order valence-electron chi connectivity index (χ3n) is 4.55. The van der Waals surface area contributed by atoms with E-state index >= 15 is 0 Å². The van der Waals surface area contributed by atoms with Crippen molar-refractivity contribution in [2.75, 3.05) is 42.7 Å². The molecule has 2 aliphatic rings. The topological polar surface area (TPSA) is 70.1 Å². The number of hydrogen-bond donors (Lipinski definition) is 1. The van der Waals surface area contributed by atoms with Crippen LogP contribution in [-0.2, 0) is 16.7 Å². The van der Waals surface area contributed by atoms with E-state index in [1.807, 2.05) is 4.90 Å². The first-order valence-corrected chi connectivity index (χ1v) is 8.64. The Kier molecular flexibility index (Phi) is 5.53. The van der Waals surface area contributed by atoms with Gasteiger partial charge in [0.15, 0.2) is 6.29 Å². The monoisotopic (exact) mass is 399 g/mol. The van der Waals surface area contributed by atoms with Crippen molar-refractivity contribution in [1.29, 1.82) is 0 Å². The number of nitrogens with one attached hydrogen (secondary N) is 1. The molecule has 1 saturated heterocycles. The van der Waals surface area contributed by atoms with E-state index < -0.39 is 24.0 Å². The maximum absolute atomic E-state index is 12.9. The van der Waals surface area contributed by atoms with Crippen molar-refractivity contribution >= 4 is 17.3 Å². The third-order valence-corrected chi connectivity index (χ3v) is 4.55. The summed E-state index contributed by atoms with van der Waals surface area (Å²) >= 11 is 0. The number of alkyl halides is 3. The number of aryl methyl sites for hydroxylation is 1. The molecule has 8 nitrogen and oxygen atoms in total. The van der Waals surface area contributed by atoms with Crippen LogP contribution in [0.4, 0.5) is 24.5 Å². The van der Waals surface area contributed by atoms with Crippen molar-refractivity contribution < 1.29 is 22.8 Å². The predicted molar refractivity (Wildman–Crippen MR) is 95.3 cm³/mol. The van der Waals surface area contributed by atoms with Crippen LogP contribution in [-0.4, -0.2) is 60.6 Å². The van der Waals surface area contributed by atoms with Gasteiger partial charge in [0.05, 0.1) is 6.54 Å². The fraction of sp³-hybridized carbons (Fsp3) is 0.529. The van der Waals surface area contributed by atoms with Crippen molar-refractivity contribution in [1.82, 2.24) is 14.8 Å². The van der Waals surface area contributed by atoms with Crippen LogP contribution >= 0.6 is 0 Å². The molecule has 0 radical (unpaired) electrons. The summed E-state index contributed by atoms with van der Waals surface area (Å²) in [5.41, 5.74) is -0.172. The smallest absolute Gasteiger partial charge is 0.329 e. The summed E-state index contributed by atoms with van der Waals surface area (Å²) in [5.74, 6) is 3.23. The molecule has 0 bridgehead atoms. The highest BCUT2D eigenvalue weighted by atomic mass is 19.4. The highest BCUT2D eigenvalue weighted by molar-refractivity contribution is 5.81. The number of halogens is 3. The van der Waals surface area contributed by atoms with Crippen LogP contribution in [0.15, 0.2) is 17.1 Å². The molecule has 28 heavy (non-hydrogen) atoms. The van der Waals surface area contributed by atoms with Crippen molar-refractivity contribution in [3.8, 4) is 11.8 Å². The lowest BCUT2D eigenvalue weighted by Crippen LogP contribution is -2.61. The first-order valence-electron chi connectivity index (χ1n) is 8.64. The number of piperazine rings is 1. The van der Waals surface area contributed by atoms with E-state index in [4.69, 9.17) is 4.84 Å². The van der Waals surface area contributed by atoms with Gasteiger partial charge in [0.25, 0.3) is 5.56 Å². The highest BCUT2D eigenvalue weighted by Gasteiger charge is 2.49. The Morgan fingerprint density at radius 2 is 2.04 bits per heavy atom. The van der Waals surface area contributed by atoms with Gasteiger partial charge in [-0.3, -0.25) is 9.69 Å². The Bertz CT molecular complexity index is 868. The molecule has 11 heteroatoms. The number of carbonyl (C=O) groups excluding carboxylic acids is 1. The number of carbonyl (C=O) groups is 1. The maximum atomic E-state index is 12.9. The summed E-state index contributed by atoms with van der Waals surface area (Å²) in [6, 6.07) is 1.45. The molecule has 0 amide bonds. The molecule has 152 valence electrons. The maximum Gasteiger partial charge on any atom is 0.493 e. The fourth-order valence-electron chi connectivity index (χ4n) is 3.24. The van der Waals surface area contributed by atoms with Crippen molar-refractivity contribution in [3.05, 3.63) is 22.6 Å². The van der Waals surface area contributed by atoms with Gasteiger partial charge >= 0.3 is 12.1 Å². The number of nitrogens with zero attached hydrogens (tertiary/aromatic N) is 4. The van der Waals surface area contributed by atoms with Crippen LogP contribution in [0.2, 0.25) is 0 Å². The summed E-state index contributed by atoms with van der Waals surface area (Å²) in [6.07, 6.45) is -4.65. The quantitative estimate of drug-likeness (QED) is 0.731. The normalized spacial score (nSPS) is 19.8. The molecule has 1 aromatic rings. The number of hydroxylamine groups is 1. The summed E-state index contributed by atoms with van der Waals surface area (Å²) < 4.78 is 39.9. The third kappa shape index (κ3) is 3.65. The van der Waals surface area contributed by atoms with E-state index in [2.05, 4.69) is 17.2 Å². The SMILES string of the molecule is CC#CCN1c2c(ccn(C)c2=O)N(OC(=O)C(F)(F)F)C1N1CCNCC1. The summed E-state index contributed by atoms with van der Waals surface area (Å²) in [4.78, 5) is 32.5. The molecule has 1 N–H and O–H groups in total. The molecule has 1 unspecified atom stereocenters. The minimum absolute atomic E-state index is 0.0947. The van der Waals surface area contributed by atoms with Gasteiger partial charge < -0.3 is 19.6 Å². The lowest BCUT2D eigenvalue weighted by atomic mass is 10.3. The minimum atomic E-state index is -5.16. The van der Waals surface area contributed by atoms with Gasteiger partial charge in [-0.05, 0) is 13.0 Å². The Hall–Kier alpha value is -2.71. The zero-order chi connectivity index (χ0) is 20.5. The largest absolute Gasteiger partial charge is 0.493 e. The molecule has 1 atom stereocenters. The molecule has 0 aromatic carbocycles. The number of rotatable bonds is 3. The van der Waals surface area contributed by atoms with E-state index in [1.54, 1.807) is 11.8 Å². The summed E-state index contributed by atoms with van der Waals surface area (Å²) in [5, 5.41) is 4.03. The van der Waals surface area contributed by atoms with Crippen molar-refractivity contribution in [2.24, 2.45) is 7.05 Å². The first-order chi connectivity index (χ1) is 13.3. The van der Waals surface area contributed by atoms with Gasteiger partial charge in [0.2, 0.25) is 0 Å². The first kappa shape index (κ1) is 20.0. The Morgan fingerprint density at radius 3 is 2.64 bits per heavy atom. The Balaban J connectivity index is 2.10. The van der Waals surface area contributed by atoms with E-state index in [0.29, 0.717) is 26.2 Å². The van der Waals surface area contributed by atoms with Gasteiger partial charge in [-0.15, -0.1) is 5.92 Å². The summed E-state index contributed by atoms with van der Waals surface area (Å²) in [7, 11) is 1.54. The second-order valence-corrected chi connectivity index (χ2v) is 6.35. The molecule has 0 spiro atoms. The van der Waals surface area contributed by atoms with Crippen LogP contribution in [0.3, 0.4) is 0 Å². The number of hydrogen-bond acceptors (Lipinski definition) is 7. The molecule has 3 rings (SSSR count). The molecule has 3 heterocycles. The van der Waals surface area contributed by atoms with E-state index in [9.17, 15) is 22.8 Å². The number of anilines is 2. The average molecular weight is 399 g/mol. The number of pyridine rings is 1. The molecule has 2 aliphatic heterocycles. The Labute approximate surface area is 159 Å². The van der Waals surface area contributed by atoms with Gasteiger partial charge in [0, 0.05) is 39.4 Å². The zero-order valence-corrected chi connectivity index (χ0v) is 15.4. The average Bonchev–Trinajstić information content (AvgIpc) is 2.96. The lowest BCUT2D eigenvalue weighted by Gasteiger charge is -2.40. The molecule has 0 saturated carbocycles. The van der Waals surface area contributed by atoms with Gasteiger partial charge in [-0.25, -0.2) is 4.79 Å². The lowest BCUT2D eigenvalue weighted by molar-refractivity contribution is -0.203. The standard InChI is InChI=1S/C17H20F3N5O3/c1-3-4-8-24-13-12(5-9-22(2)14(13)26)25(28-15(27)17(18,19)20)16(24)23-10-6-21-7-11-23/h5,9,16,21H,6-8,10-11H2,1-2H3. The van der Waals surface area contributed by atoms with Crippen LogP contribution in [0.5, 0.6) is 0 Å². The fourth-order valence-corrected chi connectivity index (χ4v) is 3.24. The van der Waals surface area contributed by atoms with Crippen LogP contribution in [0.1, 0.15) is 6.92 Å².